The quantitative estimate of drug-likeness (QED) is 0.797. The number of hydrogen-bond donors (Lipinski definition) is 0. The van der Waals surface area contributed by atoms with Crippen LogP contribution in [-0.4, -0.2) is 30.3 Å². The van der Waals surface area contributed by atoms with E-state index in [1.54, 1.807) is 0 Å². The Morgan fingerprint density at radius 1 is 1.47 bits per heavy atom. The number of nitrogens with zero attached hydrogens (tertiary/aromatic N) is 2. The summed E-state index contributed by atoms with van der Waals surface area (Å²) in [5.41, 5.74) is 1.32. The van der Waals surface area contributed by atoms with Crippen LogP contribution in [0.2, 0.25) is 0 Å². The molecule has 0 amide bonds. The lowest BCUT2D eigenvalue weighted by atomic mass is 9.79. The fourth-order valence-electron chi connectivity index (χ4n) is 2.66. The molecule has 0 bridgehead atoms. The van der Waals surface area contributed by atoms with Crippen molar-refractivity contribution < 1.29 is 4.74 Å². The average molecular weight is 297 g/mol. The summed E-state index contributed by atoms with van der Waals surface area (Å²) in [7, 11) is 0. The van der Waals surface area contributed by atoms with E-state index in [1.807, 2.05) is 6.20 Å². The van der Waals surface area contributed by atoms with E-state index >= 15 is 0 Å². The topological polar surface area (TPSA) is 25.4 Å². The van der Waals surface area contributed by atoms with E-state index in [4.69, 9.17) is 4.74 Å². The van der Waals surface area contributed by atoms with Crippen LogP contribution in [0.4, 0.5) is 5.82 Å². The molecule has 0 atom stereocenters. The molecule has 1 aromatic rings. The molecule has 3 rings (SSSR count). The zero-order valence-electron chi connectivity index (χ0n) is 10.1. The van der Waals surface area contributed by atoms with Gasteiger partial charge in [0.2, 0.25) is 0 Å². The van der Waals surface area contributed by atoms with Crippen molar-refractivity contribution in [3.63, 3.8) is 0 Å². The summed E-state index contributed by atoms with van der Waals surface area (Å²) in [6, 6.07) is 2.13. The summed E-state index contributed by atoms with van der Waals surface area (Å²) in [4.78, 5) is 6.90. The molecule has 1 saturated heterocycles. The van der Waals surface area contributed by atoms with Gasteiger partial charge in [0.25, 0.3) is 0 Å². The van der Waals surface area contributed by atoms with Gasteiger partial charge >= 0.3 is 0 Å². The number of morpholine rings is 1. The predicted octanol–water partition coefficient (Wildman–Crippen LogP) is 2.91. The first-order valence-corrected chi connectivity index (χ1v) is 6.99. The highest BCUT2D eigenvalue weighted by Gasteiger charge is 2.42. The molecule has 2 heterocycles. The van der Waals surface area contributed by atoms with Crippen LogP contribution in [0.3, 0.4) is 0 Å². The third-order valence-electron chi connectivity index (χ3n) is 3.77. The summed E-state index contributed by atoms with van der Waals surface area (Å²) >= 11 is 3.62. The fraction of sp³-hybridized carbons (Fsp3) is 0.615. The molecule has 1 aliphatic heterocycles. The van der Waals surface area contributed by atoms with E-state index in [1.165, 1.54) is 24.8 Å². The van der Waals surface area contributed by atoms with Crippen molar-refractivity contribution in [2.24, 2.45) is 0 Å². The van der Waals surface area contributed by atoms with Crippen molar-refractivity contribution in [1.82, 2.24) is 4.98 Å². The van der Waals surface area contributed by atoms with Crippen LogP contribution in [-0.2, 0) is 4.74 Å². The van der Waals surface area contributed by atoms with Crippen molar-refractivity contribution in [2.45, 2.75) is 31.8 Å². The van der Waals surface area contributed by atoms with E-state index in [0.29, 0.717) is 0 Å². The van der Waals surface area contributed by atoms with Gasteiger partial charge in [-0.15, -0.1) is 0 Å². The lowest BCUT2D eigenvalue weighted by Crippen LogP contribution is -2.56. The Morgan fingerprint density at radius 2 is 2.29 bits per heavy atom. The van der Waals surface area contributed by atoms with Crippen LogP contribution in [0.15, 0.2) is 16.7 Å². The van der Waals surface area contributed by atoms with E-state index in [0.717, 1.165) is 30.0 Å². The number of rotatable bonds is 1. The number of hydrogen-bond acceptors (Lipinski definition) is 3. The van der Waals surface area contributed by atoms with Gasteiger partial charge in [0.15, 0.2) is 0 Å². The molecule has 0 radical (unpaired) electrons. The number of aromatic nitrogens is 1. The van der Waals surface area contributed by atoms with Gasteiger partial charge in [-0.25, -0.2) is 4.98 Å². The molecule has 1 aromatic heterocycles. The second-order valence-electron chi connectivity index (χ2n) is 5.12. The van der Waals surface area contributed by atoms with Crippen molar-refractivity contribution in [2.75, 3.05) is 24.6 Å². The van der Waals surface area contributed by atoms with Gasteiger partial charge in [0.05, 0.1) is 16.7 Å². The third-order valence-corrected chi connectivity index (χ3v) is 4.35. The summed E-state index contributed by atoms with van der Waals surface area (Å²) in [6.45, 7) is 4.81. The van der Waals surface area contributed by atoms with E-state index in [-0.39, 0.29) is 5.60 Å². The zero-order chi connectivity index (χ0) is 11.9. The van der Waals surface area contributed by atoms with Crippen LogP contribution in [0.1, 0.15) is 24.8 Å². The van der Waals surface area contributed by atoms with Gasteiger partial charge in [-0.1, -0.05) is 0 Å². The van der Waals surface area contributed by atoms with Crippen molar-refractivity contribution in [3.05, 3.63) is 22.3 Å². The first-order valence-electron chi connectivity index (χ1n) is 6.20. The van der Waals surface area contributed by atoms with Gasteiger partial charge in [-0.05, 0) is 53.7 Å². The molecular formula is C13H17BrN2O. The molecule has 1 saturated carbocycles. The molecule has 0 unspecified atom stereocenters. The minimum atomic E-state index is 0.129. The first-order chi connectivity index (χ1) is 8.19. The van der Waals surface area contributed by atoms with E-state index in [2.05, 4.69) is 38.8 Å². The van der Waals surface area contributed by atoms with Gasteiger partial charge in [0, 0.05) is 19.3 Å². The van der Waals surface area contributed by atoms with Crippen LogP contribution in [0.5, 0.6) is 0 Å². The number of pyridine rings is 1. The fourth-order valence-corrected chi connectivity index (χ4v) is 3.37. The van der Waals surface area contributed by atoms with Crippen molar-refractivity contribution >= 4 is 21.7 Å². The Bertz CT molecular complexity index is 431. The van der Waals surface area contributed by atoms with E-state index in [9.17, 15) is 0 Å². The maximum absolute atomic E-state index is 5.93. The minimum absolute atomic E-state index is 0.129. The standard InChI is InChI=1S/C13H17BrN2O/c1-10-7-11(14)12(15-8-10)16-5-6-17-13(9-16)3-2-4-13/h7-8H,2-6,9H2,1H3. The largest absolute Gasteiger partial charge is 0.371 e. The van der Waals surface area contributed by atoms with Gasteiger partial charge in [-0.3, -0.25) is 0 Å². The lowest BCUT2D eigenvalue weighted by Gasteiger charge is -2.48. The zero-order valence-corrected chi connectivity index (χ0v) is 11.7. The van der Waals surface area contributed by atoms with Crippen molar-refractivity contribution in [3.8, 4) is 0 Å². The summed E-state index contributed by atoms with van der Waals surface area (Å²) < 4.78 is 7.02. The maximum Gasteiger partial charge on any atom is 0.143 e. The first kappa shape index (κ1) is 11.5. The minimum Gasteiger partial charge on any atom is -0.371 e. The summed E-state index contributed by atoms with van der Waals surface area (Å²) in [5.74, 6) is 1.06. The molecule has 0 aromatic carbocycles. The molecular weight excluding hydrogens is 280 g/mol. The van der Waals surface area contributed by atoms with Gasteiger partial charge < -0.3 is 9.64 Å². The predicted molar refractivity (Wildman–Crippen MR) is 71.4 cm³/mol. The van der Waals surface area contributed by atoms with Crippen LogP contribution < -0.4 is 4.90 Å². The Hall–Kier alpha value is -0.610. The summed E-state index contributed by atoms with van der Waals surface area (Å²) in [6.07, 6.45) is 5.64. The van der Waals surface area contributed by atoms with Gasteiger partial charge in [-0.2, -0.15) is 0 Å². The highest BCUT2D eigenvalue weighted by atomic mass is 79.9. The SMILES string of the molecule is Cc1cnc(N2CCOC3(CCC3)C2)c(Br)c1. The number of anilines is 1. The number of halogens is 1. The van der Waals surface area contributed by atoms with Gasteiger partial charge in [0.1, 0.15) is 5.82 Å². The van der Waals surface area contributed by atoms with Crippen molar-refractivity contribution in [1.29, 1.82) is 0 Å². The average Bonchev–Trinajstić information content (AvgIpc) is 2.27. The van der Waals surface area contributed by atoms with Crippen LogP contribution in [0.25, 0.3) is 0 Å². The number of ether oxygens (including phenoxy) is 1. The Labute approximate surface area is 110 Å². The highest BCUT2D eigenvalue weighted by molar-refractivity contribution is 9.10. The maximum atomic E-state index is 5.93. The molecule has 1 aliphatic carbocycles. The second kappa shape index (κ2) is 4.25. The molecule has 4 heteroatoms. The molecule has 2 aliphatic rings. The van der Waals surface area contributed by atoms with Crippen LogP contribution >= 0.6 is 15.9 Å². The second-order valence-corrected chi connectivity index (χ2v) is 5.98. The van der Waals surface area contributed by atoms with E-state index < -0.39 is 0 Å². The normalized spacial score (nSPS) is 22.6. The molecule has 3 nitrogen and oxygen atoms in total. The monoisotopic (exact) mass is 296 g/mol. The lowest BCUT2D eigenvalue weighted by molar-refractivity contribution is -0.106. The Kier molecular flexibility index (Phi) is 2.87. The Morgan fingerprint density at radius 3 is 2.94 bits per heavy atom. The number of aryl methyl sites for hydroxylation is 1. The third kappa shape index (κ3) is 2.08. The molecule has 1 spiro atoms. The molecule has 92 valence electrons. The molecule has 17 heavy (non-hydrogen) atoms. The highest BCUT2D eigenvalue weighted by Crippen LogP contribution is 2.39. The molecule has 2 fully saturated rings. The molecule has 0 N–H and O–H groups in total. The Balaban J connectivity index is 1.83. The van der Waals surface area contributed by atoms with Crippen LogP contribution in [0, 0.1) is 6.92 Å². The summed E-state index contributed by atoms with van der Waals surface area (Å²) in [5, 5.41) is 0. The smallest absolute Gasteiger partial charge is 0.143 e.